The molecular formula is C15H23Cl2N3O2. The summed E-state index contributed by atoms with van der Waals surface area (Å²) in [4.78, 5) is 6.52. The molecule has 5 nitrogen and oxygen atoms in total. The summed E-state index contributed by atoms with van der Waals surface area (Å²) in [6.45, 7) is 1.84. The van der Waals surface area contributed by atoms with E-state index in [9.17, 15) is 0 Å². The van der Waals surface area contributed by atoms with Crippen molar-refractivity contribution in [1.29, 1.82) is 0 Å². The second kappa shape index (κ2) is 9.56. The maximum atomic E-state index is 5.35. The first kappa shape index (κ1) is 20.6. The first-order chi connectivity index (χ1) is 9.65. The zero-order valence-corrected chi connectivity index (χ0v) is 14.9. The molecule has 0 bridgehead atoms. The highest BCUT2D eigenvalue weighted by Crippen LogP contribution is 2.34. The lowest BCUT2D eigenvalue weighted by Gasteiger charge is -2.14. The number of anilines is 1. The molecule has 22 heavy (non-hydrogen) atoms. The van der Waals surface area contributed by atoms with Crippen LogP contribution in [0.3, 0.4) is 0 Å². The predicted molar refractivity (Wildman–Crippen MR) is 96.4 cm³/mol. The number of methoxy groups -OCH3 is 2. The van der Waals surface area contributed by atoms with Crippen molar-refractivity contribution < 1.29 is 9.47 Å². The van der Waals surface area contributed by atoms with Crippen molar-refractivity contribution in [3.05, 3.63) is 24.4 Å². The number of benzene rings is 1. The van der Waals surface area contributed by atoms with E-state index in [1.165, 1.54) is 0 Å². The van der Waals surface area contributed by atoms with E-state index in [-0.39, 0.29) is 24.8 Å². The van der Waals surface area contributed by atoms with E-state index in [0.717, 1.165) is 29.7 Å². The van der Waals surface area contributed by atoms with Crippen LogP contribution in [0.2, 0.25) is 0 Å². The molecule has 0 radical (unpaired) electrons. The molecule has 0 aliphatic heterocycles. The molecule has 0 fully saturated rings. The van der Waals surface area contributed by atoms with Crippen LogP contribution in [-0.2, 0) is 0 Å². The van der Waals surface area contributed by atoms with Gasteiger partial charge in [0, 0.05) is 36.4 Å². The molecule has 124 valence electrons. The molecule has 7 heteroatoms. The molecule has 0 aliphatic carbocycles. The highest BCUT2D eigenvalue weighted by molar-refractivity contribution is 5.93. The summed E-state index contributed by atoms with van der Waals surface area (Å²) in [5.41, 5.74) is 1.94. The highest BCUT2D eigenvalue weighted by Gasteiger charge is 2.09. The minimum atomic E-state index is 0. The van der Waals surface area contributed by atoms with Gasteiger partial charge in [-0.25, -0.2) is 0 Å². The standard InChI is InChI=1S/C15H21N3O2.2ClH/c1-18(2)8-7-17-12-5-6-16-13-10-15(20-4)14(19-3)9-11(12)13;;/h5-6,9-10H,7-8H2,1-4H3,(H,16,17);2*1H. The quantitative estimate of drug-likeness (QED) is 0.869. The van der Waals surface area contributed by atoms with Gasteiger partial charge in [0.2, 0.25) is 0 Å². The summed E-state index contributed by atoms with van der Waals surface area (Å²) < 4.78 is 10.7. The van der Waals surface area contributed by atoms with E-state index in [4.69, 9.17) is 9.47 Å². The van der Waals surface area contributed by atoms with E-state index in [2.05, 4.69) is 29.3 Å². The van der Waals surface area contributed by atoms with Crippen molar-refractivity contribution in [1.82, 2.24) is 9.88 Å². The molecule has 0 atom stereocenters. The van der Waals surface area contributed by atoms with E-state index in [0.29, 0.717) is 11.5 Å². The number of likely N-dealkylation sites (N-methyl/N-ethyl adjacent to an activating group) is 1. The summed E-state index contributed by atoms with van der Waals surface area (Å²) in [6.07, 6.45) is 1.80. The number of rotatable bonds is 6. The zero-order valence-electron chi connectivity index (χ0n) is 13.3. The van der Waals surface area contributed by atoms with Crippen LogP contribution in [0.25, 0.3) is 10.9 Å². The highest BCUT2D eigenvalue weighted by atomic mass is 35.5. The summed E-state index contributed by atoms with van der Waals surface area (Å²) in [7, 11) is 7.38. The Hall–Kier alpha value is -1.43. The lowest BCUT2D eigenvalue weighted by molar-refractivity contribution is 0.356. The van der Waals surface area contributed by atoms with Crippen molar-refractivity contribution in [3.63, 3.8) is 0 Å². The van der Waals surface area contributed by atoms with Gasteiger partial charge in [-0.2, -0.15) is 0 Å². The van der Waals surface area contributed by atoms with Gasteiger partial charge < -0.3 is 19.7 Å². The van der Waals surface area contributed by atoms with Crippen LogP contribution >= 0.6 is 24.8 Å². The molecule has 0 saturated heterocycles. The van der Waals surface area contributed by atoms with Crippen LogP contribution in [0.15, 0.2) is 24.4 Å². The van der Waals surface area contributed by atoms with Crippen molar-refractivity contribution in [3.8, 4) is 11.5 Å². The Morgan fingerprint density at radius 2 is 1.73 bits per heavy atom. The number of hydrogen-bond acceptors (Lipinski definition) is 5. The fourth-order valence-electron chi connectivity index (χ4n) is 2.04. The van der Waals surface area contributed by atoms with Crippen molar-refractivity contribution in [2.75, 3.05) is 46.7 Å². The van der Waals surface area contributed by atoms with Gasteiger partial charge in [-0.15, -0.1) is 24.8 Å². The fourth-order valence-corrected chi connectivity index (χ4v) is 2.04. The molecule has 1 aromatic heterocycles. The Balaban J connectivity index is 0.00000220. The number of nitrogens with one attached hydrogen (secondary N) is 1. The van der Waals surface area contributed by atoms with Crippen LogP contribution in [0.5, 0.6) is 11.5 Å². The monoisotopic (exact) mass is 347 g/mol. The topological polar surface area (TPSA) is 46.6 Å². The van der Waals surface area contributed by atoms with Crippen LogP contribution < -0.4 is 14.8 Å². The van der Waals surface area contributed by atoms with Crippen LogP contribution in [0, 0.1) is 0 Å². The summed E-state index contributed by atoms with van der Waals surface area (Å²) >= 11 is 0. The Bertz CT molecular complexity index is 594. The number of nitrogens with zero attached hydrogens (tertiary/aromatic N) is 2. The second-order valence-electron chi connectivity index (χ2n) is 4.81. The van der Waals surface area contributed by atoms with Crippen LogP contribution in [-0.4, -0.2) is 51.3 Å². The molecule has 0 saturated carbocycles. The minimum absolute atomic E-state index is 0. The fraction of sp³-hybridized carbons (Fsp3) is 0.400. The van der Waals surface area contributed by atoms with Crippen molar-refractivity contribution >= 4 is 41.4 Å². The minimum Gasteiger partial charge on any atom is -0.493 e. The third-order valence-corrected chi connectivity index (χ3v) is 3.12. The average Bonchev–Trinajstić information content (AvgIpc) is 2.45. The van der Waals surface area contributed by atoms with Gasteiger partial charge in [-0.3, -0.25) is 4.98 Å². The molecule has 0 unspecified atom stereocenters. The number of halogens is 2. The SMILES string of the molecule is COc1cc2nccc(NCCN(C)C)c2cc1OC.Cl.Cl. The molecule has 1 heterocycles. The third kappa shape index (κ3) is 4.80. The molecular weight excluding hydrogens is 325 g/mol. The first-order valence-corrected chi connectivity index (χ1v) is 6.55. The molecule has 2 rings (SSSR count). The largest absolute Gasteiger partial charge is 0.493 e. The smallest absolute Gasteiger partial charge is 0.162 e. The second-order valence-corrected chi connectivity index (χ2v) is 4.81. The lowest BCUT2D eigenvalue weighted by atomic mass is 10.1. The molecule has 0 amide bonds. The predicted octanol–water partition coefficient (Wildman–Crippen LogP) is 3.07. The molecule has 0 aliphatic rings. The Morgan fingerprint density at radius 1 is 1.09 bits per heavy atom. The summed E-state index contributed by atoms with van der Waals surface area (Å²) in [5.74, 6) is 1.40. The molecule has 0 spiro atoms. The van der Waals surface area contributed by atoms with Crippen LogP contribution in [0.1, 0.15) is 0 Å². The van der Waals surface area contributed by atoms with Crippen molar-refractivity contribution in [2.24, 2.45) is 0 Å². The Labute approximate surface area is 143 Å². The number of aromatic nitrogens is 1. The number of fused-ring (bicyclic) bond motifs is 1. The van der Waals surface area contributed by atoms with Crippen molar-refractivity contribution in [2.45, 2.75) is 0 Å². The maximum Gasteiger partial charge on any atom is 0.162 e. The molecule has 2 aromatic rings. The third-order valence-electron chi connectivity index (χ3n) is 3.12. The van der Waals surface area contributed by atoms with Gasteiger partial charge in [-0.05, 0) is 26.2 Å². The maximum absolute atomic E-state index is 5.35. The first-order valence-electron chi connectivity index (χ1n) is 6.55. The molecule has 1 aromatic carbocycles. The average molecular weight is 348 g/mol. The molecule has 1 N–H and O–H groups in total. The summed E-state index contributed by atoms with van der Waals surface area (Å²) in [6, 6.07) is 5.83. The van der Waals surface area contributed by atoms with E-state index < -0.39 is 0 Å². The van der Waals surface area contributed by atoms with Gasteiger partial charge in [0.25, 0.3) is 0 Å². The van der Waals surface area contributed by atoms with Gasteiger partial charge in [-0.1, -0.05) is 0 Å². The van der Waals surface area contributed by atoms with Gasteiger partial charge in [0.15, 0.2) is 11.5 Å². The zero-order chi connectivity index (χ0) is 14.5. The van der Waals surface area contributed by atoms with E-state index in [1.807, 2.05) is 18.2 Å². The number of hydrogen-bond donors (Lipinski definition) is 1. The number of pyridine rings is 1. The van der Waals surface area contributed by atoms with E-state index in [1.54, 1.807) is 20.4 Å². The lowest BCUT2D eigenvalue weighted by Crippen LogP contribution is -2.20. The van der Waals surface area contributed by atoms with E-state index >= 15 is 0 Å². The summed E-state index contributed by atoms with van der Waals surface area (Å²) in [5, 5.41) is 4.46. The van der Waals surface area contributed by atoms with Crippen LogP contribution in [0.4, 0.5) is 5.69 Å². The Morgan fingerprint density at radius 3 is 2.32 bits per heavy atom. The number of ether oxygens (including phenoxy) is 2. The normalized spacial score (nSPS) is 9.86. The van der Waals surface area contributed by atoms with Gasteiger partial charge in [0.05, 0.1) is 19.7 Å². The van der Waals surface area contributed by atoms with Gasteiger partial charge >= 0.3 is 0 Å². The Kier molecular flexibility index (Phi) is 8.94. The van der Waals surface area contributed by atoms with Gasteiger partial charge in [0.1, 0.15) is 0 Å².